The van der Waals surface area contributed by atoms with Crippen molar-refractivity contribution in [1.29, 1.82) is 0 Å². The van der Waals surface area contributed by atoms with Crippen molar-refractivity contribution in [3.05, 3.63) is 27.4 Å². The highest BCUT2D eigenvalue weighted by molar-refractivity contribution is 8.01. The molecule has 12 heteroatoms. The third-order valence-corrected chi connectivity index (χ3v) is 9.54. The molecule has 2 aromatic rings. The first-order chi connectivity index (χ1) is 13.9. The van der Waals surface area contributed by atoms with Crippen LogP contribution in [-0.2, 0) is 20.8 Å². The number of fused-ring (bicyclic) bond motifs is 1. The molecular formula is C17H18N4O4S4. The van der Waals surface area contributed by atoms with Gasteiger partial charge in [-0.3, -0.25) is 14.4 Å². The van der Waals surface area contributed by atoms with E-state index in [1.165, 1.54) is 46.2 Å². The third kappa shape index (κ3) is 4.16. The molecule has 0 bridgehead atoms. The van der Waals surface area contributed by atoms with Gasteiger partial charge >= 0.3 is 5.97 Å². The van der Waals surface area contributed by atoms with Gasteiger partial charge in [0.1, 0.15) is 21.8 Å². The van der Waals surface area contributed by atoms with E-state index in [0.717, 1.165) is 14.2 Å². The molecule has 2 aliphatic rings. The minimum Gasteiger partial charge on any atom is -0.481 e. The molecular weight excluding hydrogens is 452 g/mol. The summed E-state index contributed by atoms with van der Waals surface area (Å²) in [5.74, 6) is -0.642. The maximum absolute atomic E-state index is 12.6. The lowest BCUT2D eigenvalue weighted by Crippen LogP contribution is -2.74. The monoisotopic (exact) mass is 470 g/mol. The Morgan fingerprint density at radius 2 is 2.28 bits per heavy atom. The second-order valence-electron chi connectivity index (χ2n) is 6.93. The number of aromatic nitrogens is 2. The first-order valence-electron chi connectivity index (χ1n) is 8.78. The zero-order valence-electron chi connectivity index (χ0n) is 15.4. The number of β-lactam (4-membered cyclic amide) rings is 1. The first-order valence-corrected chi connectivity index (χ1v) is 12.5. The van der Waals surface area contributed by atoms with Crippen molar-refractivity contribution in [3.63, 3.8) is 0 Å². The van der Waals surface area contributed by atoms with E-state index in [0.29, 0.717) is 11.5 Å². The van der Waals surface area contributed by atoms with Crippen LogP contribution in [0.25, 0.3) is 0 Å². The van der Waals surface area contributed by atoms with Crippen LogP contribution in [0.2, 0.25) is 0 Å². The van der Waals surface area contributed by atoms with Gasteiger partial charge in [0.15, 0.2) is 4.34 Å². The Balaban J connectivity index is 1.37. The van der Waals surface area contributed by atoms with Crippen LogP contribution in [0, 0.1) is 12.3 Å². The van der Waals surface area contributed by atoms with Crippen LogP contribution in [-0.4, -0.2) is 67.5 Å². The number of carbonyl (C=O) groups excluding carboxylic acids is 2. The second-order valence-corrected chi connectivity index (χ2v) is 11.5. The lowest BCUT2D eigenvalue weighted by atomic mass is 9.89. The van der Waals surface area contributed by atoms with E-state index in [2.05, 4.69) is 15.5 Å². The molecule has 2 saturated heterocycles. The van der Waals surface area contributed by atoms with E-state index in [1.807, 2.05) is 24.4 Å². The number of aryl methyl sites for hydroxylation is 1. The van der Waals surface area contributed by atoms with Gasteiger partial charge in [-0.1, -0.05) is 29.2 Å². The SMILES string of the molecule is Cc1nnc(SCC2(C(=O)O)CS[C@@H]3C(NC(=O)Cc4cccs4)C(=O)N3C2)s1. The number of carbonyl (C=O) groups is 3. The summed E-state index contributed by atoms with van der Waals surface area (Å²) in [5, 5.41) is 23.2. The van der Waals surface area contributed by atoms with Crippen molar-refractivity contribution < 1.29 is 19.5 Å². The molecule has 2 N–H and O–H groups in total. The molecule has 0 radical (unpaired) electrons. The molecule has 2 amide bonds. The van der Waals surface area contributed by atoms with E-state index in [4.69, 9.17) is 0 Å². The fraction of sp³-hybridized carbons (Fsp3) is 0.471. The molecule has 4 rings (SSSR count). The van der Waals surface area contributed by atoms with Crippen LogP contribution in [0.3, 0.4) is 0 Å². The van der Waals surface area contributed by atoms with Gasteiger partial charge in [0.25, 0.3) is 0 Å². The summed E-state index contributed by atoms with van der Waals surface area (Å²) in [6, 6.07) is 3.18. The smallest absolute Gasteiger partial charge is 0.313 e. The Bertz CT molecular complexity index is 934. The number of rotatable bonds is 7. The van der Waals surface area contributed by atoms with Crippen molar-refractivity contribution in [1.82, 2.24) is 20.4 Å². The number of thioether (sulfide) groups is 2. The average molecular weight is 471 g/mol. The molecule has 2 aliphatic heterocycles. The molecule has 2 aromatic heterocycles. The molecule has 2 unspecified atom stereocenters. The number of thiophene rings is 1. The summed E-state index contributed by atoms with van der Waals surface area (Å²) in [6.45, 7) is 1.99. The zero-order chi connectivity index (χ0) is 20.6. The maximum atomic E-state index is 12.6. The maximum Gasteiger partial charge on any atom is 0.313 e. The Hall–Kier alpha value is -1.63. The van der Waals surface area contributed by atoms with Gasteiger partial charge < -0.3 is 15.3 Å². The van der Waals surface area contributed by atoms with E-state index in [9.17, 15) is 19.5 Å². The number of carboxylic acid groups (broad SMARTS) is 1. The highest BCUT2D eigenvalue weighted by atomic mass is 32.2. The molecule has 0 aliphatic carbocycles. The van der Waals surface area contributed by atoms with Gasteiger partial charge in [0, 0.05) is 22.9 Å². The summed E-state index contributed by atoms with van der Waals surface area (Å²) in [5.41, 5.74) is -1.05. The summed E-state index contributed by atoms with van der Waals surface area (Å²) in [6.07, 6.45) is 0.246. The molecule has 0 spiro atoms. The van der Waals surface area contributed by atoms with Gasteiger partial charge in [-0.05, 0) is 18.4 Å². The first kappa shape index (κ1) is 20.6. The Kier molecular flexibility index (Phi) is 5.87. The number of aliphatic carboxylic acids is 1. The lowest BCUT2D eigenvalue weighted by Gasteiger charge is -2.53. The van der Waals surface area contributed by atoms with Crippen molar-refractivity contribution >= 4 is 64.0 Å². The van der Waals surface area contributed by atoms with E-state index < -0.39 is 17.4 Å². The molecule has 4 heterocycles. The van der Waals surface area contributed by atoms with E-state index in [1.54, 1.807) is 4.90 Å². The van der Waals surface area contributed by atoms with Crippen molar-refractivity contribution in [2.75, 3.05) is 18.1 Å². The van der Waals surface area contributed by atoms with Crippen LogP contribution in [0.4, 0.5) is 0 Å². The number of amides is 2. The predicted octanol–water partition coefficient (Wildman–Crippen LogP) is 1.71. The minimum absolute atomic E-state index is 0.140. The van der Waals surface area contributed by atoms with Crippen LogP contribution >= 0.6 is 46.2 Å². The van der Waals surface area contributed by atoms with Gasteiger partial charge in [-0.25, -0.2) is 0 Å². The van der Waals surface area contributed by atoms with Gasteiger partial charge in [-0.2, -0.15) is 0 Å². The number of hydrogen-bond acceptors (Lipinski definition) is 9. The topological polar surface area (TPSA) is 112 Å². The van der Waals surface area contributed by atoms with Gasteiger partial charge in [-0.15, -0.1) is 33.3 Å². The molecule has 2 fully saturated rings. The normalized spacial score (nSPS) is 26.0. The zero-order valence-corrected chi connectivity index (χ0v) is 18.6. The highest BCUT2D eigenvalue weighted by Crippen LogP contribution is 2.44. The largest absolute Gasteiger partial charge is 0.481 e. The van der Waals surface area contributed by atoms with Crippen LogP contribution < -0.4 is 5.32 Å². The van der Waals surface area contributed by atoms with E-state index in [-0.39, 0.29) is 30.2 Å². The van der Waals surface area contributed by atoms with Gasteiger partial charge in [0.05, 0.1) is 6.42 Å². The van der Waals surface area contributed by atoms with Crippen molar-refractivity contribution in [2.45, 2.75) is 29.1 Å². The van der Waals surface area contributed by atoms with E-state index >= 15 is 0 Å². The molecule has 0 aromatic carbocycles. The quantitative estimate of drug-likeness (QED) is 0.465. The third-order valence-electron chi connectivity index (χ3n) is 4.81. The minimum atomic E-state index is -1.05. The Morgan fingerprint density at radius 1 is 1.45 bits per heavy atom. The Morgan fingerprint density at radius 3 is 2.93 bits per heavy atom. The fourth-order valence-electron chi connectivity index (χ4n) is 3.24. The lowest BCUT2D eigenvalue weighted by molar-refractivity contribution is -0.157. The summed E-state index contributed by atoms with van der Waals surface area (Å²) in [4.78, 5) is 39.4. The summed E-state index contributed by atoms with van der Waals surface area (Å²) < 4.78 is 0.726. The molecule has 29 heavy (non-hydrogen) atoms. The molecule has 3 atom stereocenters. The fourth-order valence-corrected chi connectivity index (χ4v) is 7.62. The highest BCUT2D eigenvalue weighted by Gasteiger charge is 2.57. The van der Waals surface area contributed by atoms with Crippen LogP contribution in [0.15, 0.2) is 21.9 Å². The standard InChI is InChI=1S/C17H18N4O4S4/c1-9-19-20-16(29-9)28-8-17(15(24)25)6-21-13(23)12(14(21)27-7-17)18-11(22)5-10-3-2-4-26-10/h2-4,12,14H,5-8H2,1H3,(H,18,22)(H,24,25)/t12?,14-,17?/m1/s1. The molecule has 8 nitrogen and oxygen atoms in total. The van der Waals surface area contributed by atoms with Gasteiger partial charge in [0.2, 0.25) is 11.8 Å². The number of nitrogens with one attached hydrogen (secondary N) is 1. The van der Waals surface area contributed by atoms with Crippen LogP contribution in [0.1, 0.15) is 9.88 Å². The second kappa shape index (κ2) is 8.25. The Labute approximate surface area is 183 Å². The molecule has 0 saturated carbocycles. The number of nitrogens with zero attached hydrogens (tertiary/aromatic N) is 3. The predicted molar refractivity (Wildman–Crippen MR) is 113 cm³/mol. The van der Waals surface area contributed by atoms with Crippen LogP contribution in [0.5, 0.6) is 0 Å². The number of hydrogen-bond donors (Lipinski definition) is 2. The summed E-state index contributed by atoms with van der Waals surface area (Å²) in [7, 11) is 0. The van der Waals surface area contributed by atoms with Crippen molar-refractivity contribution in [2.24, 2.45) is 5.41 Å². The average Bonchev–Trinajstić information content (AvgIpc) is 3.35. The van der Waals surface area contributed by atoms with Crippen molar-refractivity contribution in [3.8, 4) is 0 Å². The molecule has 154 valence electrons. The number of carboxylic acids is 1. The summed E-state index contributed by atoms with van der Waals surface area (Å²) >= 11 is 5.70.